The van der Waals surface area contributed by atoms with Crippen LogP contribution >= 0.6 is 0 Å². The molecule has 0 aromatic carbocycles. The molecule has 104 valence electrons. The largest absolute Gasteiger partial charge is 0.351 e. The number of amides is 2. The third kappa shape index (κ3) is 3.87. The van der Waals surface area contributed by atoms with Crippen molar-refractivity contribution in [3.63, 3.8) is 0 Å². The number of nitrogens with two attached hydrogens (primary N) is 1. The molecule has 0 bridgehead atoms. The van der Waals surface area contributed by atoms with Crippen LogP contribution in [-0.2, 0) is 0 Å². The van der Waals surface area contributed by atoms with E-state index in [9.17, 15) is 4.79 Å². The lowest BCUT2D eigenvalue weighted by Crippen LogP contribution is -2.47. The predicted molar refractivity (Wildman–Crippen MR) is 73.3 cm³/mol. The van der Waals surface area contributed by atoms with Crippen LogP contribution in [-0.4, -0.2) is 36.6 Å². The summed E-state index contributed by atoms with van der Waals surface area (Å²) in [7, 11) is 0. The first-order valence-corrected chi connectivity index (χ1v) is 7.43. The Kier molecular flexibility index (Phi) is 4.87. The highest BCUT2D eigenvalue weighted by molar-refractivity contribution is 5.72. The van der Waals surface area contributed by atoms with Gasteiger partial charge in [-0.25, -0.2) is 4.79 Å². The number of nitrogens with one attached hydrogen (secondary N) is 1. The number of piperidine rings is 1. The van der Waals surface area contributed by atoms with Gasteiger partial charge in [0.05, 0.1) is 0 Å². The maximum Gasteiger partial charge on any atom is 0.314 e. The molecule has 1 saturated heterocycles. The zero-order chi connectivity index (χ0) is 13.0. The molecule has 1 aliphatic carbocycles. The zero-order valence-corrected chi connectivity index (χ0v) is 11.5. The van der Waals surface area contributed by atoms with Gasteiger partial charge in [-0.2, -0.15) is 0 Å². The van der Waals surface area contributed by atoms with Crippen LogP contribution in [0.3, 0.4) is 0 Å². The molecule has 2 atom stereocenters. The van der Waals surface area contributed by atoms with Crippen LogP contribution in [0, 0.1) is 11.8 Å². The average molecular weight is 253 g/mol. The van der Waals surface area contributed by atoms with E-state index in [1.165, 1.54) is 25.7 Å². The minimum Gasteiger partial charge on any atom is -0.351 e. The van der Waals surface area contributed by atoms with Crippen LogP contribution < -0.4 is 11.1 Å². The second-order valence-corrected chi connectivity index (χ2v) is 6.15. The van der Waals surface area contributed by atoms with Gasteiger partial charge in [-0.1, -0.05) is 19.8 Å². The van der Waals surface area contributed by atoms with E-state index in [2.05, 4.69) is 12.2 Å². The number of nitrogens with zero attached hydrogens (tertiary/aromatic N) is 1. The Hall–Kier alpha value is -0.770. The molecule has 4 heteroatoms. The quantitative estimate of drug-likeness (QED) is 0.807. The molecule has 2 aliphatic rings. The number of likely N-dealkylation sites (tertiary alicyclic amines) is 1. The summed E-state index contributed by atoms with van der Waals surface area (Å²) in [6.45, 7) is 5.16. The number of carbonyl (C=O) groups is 1. The monoisotopic (exact) mass is 253 g/mol. The van der Waals surface area contributed by atoms with Crippen LogP contribution in [0.25, 0.3) is 0 Å². The first-order valence-electron chi connectivity index (χ1n) is 7.43. The fraction of sp³-hybridized carbons (Fsp3) is 0.929. The zero-order valence-electron chi connectivity index (χ0n) is 11.5. The number of primary amides is 1. The molecule has 2 rings (SSSR count). The van der Waals surface area contributed by atoms with Gasteiger partial charge in [0.2, 0.25) is 0 Å². The highest BCUT2D eigenvalue weighted by atomic mass is 16.2. The van der Waals surface area contributed by atoms with Gasteiger partial charge in [-0.05, 0) is 44.1 Å². The van der Waals surface area contributed by atoms with Crippen molar-refractivity contribution >= 4 is 6.03 Å². The van der Waals surface area contributed by atoms with Crippen molar-refractivity contribution in [3.8, 4) is 0 Å². The molecule has 3 N–H and O–H groups in total. The Balaban J connectivity index is 1.64. The summed E-state index contributed by atoms with van der Waals surface area (Å²) in [5.74, 6) is 1.77. The summed E-state index contributed by atoms with van der Waals surface area (Å²) in [5, 5.41) is 3.69. The van der Waals surface area contributed by atoms with Crippen molar-refractivity contribution in [2.45, 2.75) is 51.5 Å². The summed E-state index contributed by atoms with van der Waals surface area (Å²) in [6.07, 6.45) is 7.67. The van der Waals surface area contributed by atoms with Crippen LogP contribution in [0.2, 0.25) is 0 Å². The van der Waals surface area contributed by atoms with Gasteiger partial charge in [-0.3, -0.25) is 0 Å². The molecule has 0 aromatic rings. The van der Waals surface area contributed by atoms with Crippen molar-refractivity contribution in [2.24, 2.45) is 17.6 Å². The Morgan fingerprint density at radius 3 is 2.61 bits per heavy atom. The summed E-state index contributed by atoms with van der Waals surface area (Å²) >= 11 is 0. The topological polar surface area (TPSA) is 58.4 Å². The average Bonchev–Trinajstić information content (AvgIpc) is 2.37. The Labute approximate surface area is 110 Å². The maximum atomic E-state index is 11.0. The first-order chi connectivity index (χ1) is 8.65. The molecule has 2 unspecified atom stereocenters. The lowest BCUT2D eigenvalue weighted by molar-refractivity contribution is 0.181. The van der Waals surface area contributed by atoms with E-state index in [1.54, 1.807) is 4.90 Å². The Morgan fingerprint density at radius 2 is 2.00 bits per heavy atom. The van der Waals surface area contributed by atoms with E-state index in [1.807, 2.05) is 0 Å². The third-order valence-corrected chi connectivity index (χ3v) is 4.55. The summed E-state index contributed by atoms with van der Waals surface area (Å²) in [5.41, 5.74) is 5.29. The molecule has 2 amide bonds. The highest BCUT2D eigenvalue weighted by Gasteiger charge is 2.23. The molecular weight excluding hydrogens is 226 g/mol. The Morgan fingerprint density at radius 1 is 1.28 bits per heavy atom. The smallest absolute Gasteiger partial charge is 0.314 e. The van der Waals surface area contributed by atoms with Crippen molar-refractivity contribution in [1.82, 2.24) is 10.2 Å². The van der Waals surface area contributed by atoms with Crippen molar-refractivity contribution in [3.05, 3.63) is 0 Å². The van der Waals surface area contributed by atoms with E-state index in [0.717, 1.165) is 44.3 Å². The number of carbonyl (C=O) groups excluding carboxylic acids is 1. The number of hydrogen-bond acceptors (Lipinski definition) is 2. The molecule has 4 nitrogen and oxygen atoms in total. The molecule has 1 saturated carbocycles. The third-order valence-electron chi connectivity index (χ3n) is 4.55. The van der Waals surface area contributed by atoms with E-state index in [0.29, 0.717) is 6.04 Å². The Bertz CT molecular complexity index is 274. The van der Waals surface area contributed by atoms with Crippen molar-refractivity contribution in [1.29, 1.82) is 0 Å². The molecule has 18 heavy (non-hydrogen) atoms. The summed E-state index contributed by atoms with van der Waals surface area (Å²) in [6, 6.07) is 0.312. The van der Waals surface area contributed by atoms with Gasteiger partial charge >= 0.3 is 6.03 Å². The van der Waals surface area contributed by atoms with E-state index >= 15 is 0 Å². The van der Waals surface area contributed by atoms with Gasteiger partial charge in [0.15, 0.2) is 0 Å². The van der Waals surface area contributed by atoms with E-state index in [-0.39, 0.29) is 6.03 Å². The van der Waals surface area contributed by atoms with Gasteiger partial charge in [0, 0.05) is 19.1 Å². The molecule has 0 spiro atoms. The number of hydrogen-bond donors (Lipinski definition) is 2. The van der Waals surface area contributed by atoms with Crippen molar-refractivity contribution in [2.75, 3.05) is 19.6 Å². The van der Waals surface area contributed by atoms with Crippen LogP contribution in [0.5, 0.6) is 0 Å². The first kappa shape index (κ1) is 13.7. The number of rotatable bonds is 3. The lowest BCUT2D eigenvalue weighted by atomic mass is 9.82. The molecule has 0 radical (unpaired) electrons. The predicted octanol–water partition coefficient (Wildman–Crippen LogP) is 1.95. The normalized spacial score (nSPS) is 30.4. The van der Waals surface area contributed by atoms with E-state index < -0.39 is 0 Å². The van der Waals surface area contributed by atoms with Crippen LogP contribution in [0.4, 0.5) is 4.79 Å². The molecular formula is C14H27N3O. The van der Waals surface area contributed by atoms with Gasteiger partial charge in [0.25, 0.3) is 0 Å². The minimum absolute atomic E-state index is 0.269. The summed E-state index contributed by atoms with van der Waals surface area (Å²) in [4.78, 5) is 12.8. The van der Waals surface area contributed by atoms with Gasteiger partial charge < -0.3 is 16.0 Å². The molecule has 1 heterocycles. The number of urea groups is 1. The van der Waals surface area contributed by atoms with Crippen LogP contribution in [0.1, 0.15) is 45.4 Å². The summed E-state index contributed by atoms with van der Waals surface area (Å²) < 4.78 is 0. The fourth-order valence-corrected chi connectivity index (χ4v) is 3.38. The highest BCUT2D eigenvalue weighted by Crippen LogP contribution is 2.28. The fourth-order valence-electron chi connectivity index (χ4n) is 3.38. The second kappa shape index (κ2) is 6.41. The van der Waals surface area contributed by atoms with Crippen LogP contribution in [0.15, 0.2) is 0 Å². The SMILES string of the molecule is CC1CCCC(CNC2CCN(C(N)=O)CC2)C1. The maximum absolute atomic E-state index is 11.0. The van der Waals surface area contributed by atoms with Crippen molar-refractivity contribution < 1.29 is 4.79 Å². The second-order valence-electron chi connectivity index (χ2n) is 6.15. The molecule has 2 fully saturated rings. The minimum atomic E-state index is -0.269. The molecule has 0 aromatic heterocycles. The van der Waals surface area contributed by atoms with E-state index in [4.69, 9.17) is 5.73 Å². The lowest BCUT2D eigenvalue weighted by Gasteiger charge is -2.33. The standard InChI is InChI=1S/C14H27N3O/c1-11-3-2-4-12(9-11)10-16-13-5-7-17(8-6-13)14(15)18/h11-13,16H,2-10H2,1H3,(H2,15,18). The molecule has 1 aliphatic heterocycles. The van der Waals surface area contributed by atoms with Gasteiger partial charge in [-0.15, -0.1) is 0 Å². The van der Waals surface area contributed by atoms with Gasteiger partial charge in [0.1, 0.15) is 0 Å².